The zero-order chi connectivity index (χ0) is 34.2. The smallest absolute Gasteiger partial charge is 0.408 e. The highest BCUT2D eigenvalue weighted by molar-refractivity contribution is 7.89. The number of carbonyl (C=O) groups is 2. The molecule has 5 atom stereocenters. The predicted molar refractivity (Wildman–Crippen MR) is 174 cm³/mol. The van der Waals surface area contributed by atoms with Crippen molar-refractivity contribution in [3.8, 4) is 5.75 Å². The molecule has 260 valence electrons. The Bertz CT molecular complexity index is 1460. The van der Waals surface area contributed by atoms with E-state index in [4.69, 9.17) is 18.9 Å². The first-order chi connectivity index (χ1) is 22.3. The topological polar surface area (TPSA) is 165 Å². The number of fused-ring (bicyclic) bond motifs is 1. The third-order valence-corrected chi connectivity index (χ3v) is 10.4. The van der Waals surface area contributed by atoms with E-state index in [-0.39, 0.29) is 35.4 Å². The maximum Gasteiger partial charge on any atom is 0.408 e. The molecule has 2 heterocycles. The van der Waals surface area contributed by atoms with Crippen molar-refractivity contribution in [1.82, 2.24) is 20.3 Å². The van der Waals surface area contributed by atoms with Crippen molar-refractivity contribution >= 4 is 22.1 Å². The molecule has 2 aromatic carbocycles. The second kappa shape index (κ2) is 16.1. The Labute approximate surface area is 277 Å². The number of alkyl carbamates (subject to hydrolysis) is 1. The van der Waals surface area contributed by atoms with Crippen LogP contribution in [0.25, 0.3) is 0 Å². The zero-order valence-electron chi connectivity index (χ0n) is 27.7. The van der Waals surface area contributed by atoms with Crippen LogP contribution >= 0.6 is 0 Å². The summed E-state index contributed by atoms with van der Waals surface area (Å²) in [4.78, 5) is 24.7. The fourth-order valence-corrected chi connectivity index (χ4v) is 7.67. The van der Waals surface area contributed by atoms with Crippen LogP contribution in [-0.4, -0.2) is 88.5 Å². The van der Waals surface area contributed by atoms with Gasteiger partial charge in [0.2, 0.25) is 10.0 Å². The molecule has 0 unspecified atom stereocenters. The summed E-state index contributed by atoms with van der Waals surface area (Å²) >= 11 is 0. The first kappa shape index (κ1) is 36.4. The third kappa shape index (κ3) is 9.57. The number of sulfonamides is 1. The number of rotatable bonds is 15. The fourth-order valence-electron chi connectivity index (χ4n) is 6.02. The molecule has 0 saturated carbocycles. The Morgan fingerprint density at radius 2 is 1.89 bits per heavy atom. The minimum Gasteiger partial charge on any atom is -0.496 e. The van der Waals surface area contributed by atoms with Gasteiger partial charge in [-0.25, -0.2) is 18.0 Å². The fraction of sp³-hybridized carbons (Fsp3) is 0.576. The number of amides is 3. The van der Waals surface area contributed by atoms with E-state index in [0.717, 1.165) is 17.1 Å². The molecule has 0 spiro atoms. The molecule has 0 aromatic heterocycles. The highest BCUT2D eigenvalue weighted by atomic mass is 32.2. The van der Waals surface area contributed by atoms with Crippen LogP contribution in [0.2, 0.25) is 0 Å². The number of methoxy groups -OCH3 is 1. The molecular weight excluding hydrogens is 628 g/mol. The van der Waals surface area contributed by atoms with Crippen molar-refractivity contribution in [2.45, 2.75) is 82.6 Å². The minimum atomic E-state index is -4.32. The quantitative estimate of drug-likeness (QED) is 0.164. The second-order valence-corrected chi connectivity index (χ2v) is 14.6. The summed E-state index contributed by atoms with van der Waals surface area (Å²) in [5.74, 6) is 0.431. The molecule has 2 aliphatic heterocycles. The lowest BCUT2D eigenvalue weighted by Crippen LogP contribution is -2.56. The van der Waals surface area contributed by atoms with Crippen LogP contribution in [-0.2, 0) is 37.2 Å². The molecular formula is C33H48N4O9S. The second-order valence-electron chi connectivity index (χ2n) is 12.8. The largest absolute Gasteiger partial charge is 0.496 e. The first-order valence-corrected chi connectivity index (χ1v) is 17.4. The number of urea groups is 1. The molecule has 47 heavy (non-hydrogen) atoms. The average Bonchev–Trinajstić information content (AvgIpc) is 3.66. The summed E-state index contributed by atoms with van der Waals surface area (Å²) in [6.45, 7) is 6.61. The predicted octanol–water partition coefficient (Wildman–Crippen LogP) is 3.36. The van der Waals surface area contributed by atoms with E-state index >= 15 is 0 Å². The number of nitrogens with zero attached hydrogens (tertiary/aromatic N) is 1. The van der Waals surface area contributed by atoms with E-state index in [1.54, 1.807) is 43.4 Å². The molecule has 0 radical (unpaired) electrons. The summed E-state index contributed by atoms with van der Waals surface area (Å²) in [5.41, 5.74) is 1.09. The molecule has 3 amide bonds. The Morgan fingerprint density at radius 3 is 2.57 bits per heavy atom. The molecule has 4 rings (SSSR count). The van der Waals surface area contributed by atoms with Crippen LogP contribution in [0.3, 0.4) is 0 Å². The van der Waals surface area contributed by atoms with E-state index in [1.165, 1.54) is 20.1 Å². The molecule has 2 aliphatic rings. The van der Waals surface area contributed by atoms with Crippen molar-refractivity contribution in [3.05, 3.63) is 59.7 Å². The van der Waals surface area contributed by atoms with Crippen LogP contribution in [0.5, 0.6) is 5.75 Å². The molecule has 2 fully saturated rings. The van der Waals surface area contributed by atoms with Gasteiger partial charge in [0.1, 0.15) is 18.0 Å². The molecule has 0 aliphatic carbocycles. The lowest BCUT2D eigenvalue weighted by molar-refractivity contribution is -0.0907. The number of aliphatic hydroxyl groups excluding tert-OH is 1. The SMILES string of the molecule is CNC(=O)NCCCC(C)(C)Cc1cc(S(=O)(=O)N(Cc2ccccc2)[C@H](NC(=O)O[C@H]2CO[C@H]3OCC[C@H]32)[C@@H](C)O)ccc1OC. The van der Waals surface area contributed by atoms with E-state index in [2.05, 4.69) is 29.8 Å². The summed E-state index contributed by atoms with van der Waals surface area (Å²) in [5, 5.41) is 18.8. The lowest BCUT2D eigenvalue weighted by Gasteiger charge is -2.34. The van der Waals surface area contributed by atoms with Gasteiger partial charge < -0.3 is 40.0 Å². The third-order valence-electron chi connectivity index (χ3n) is 8.53. The summed E-state index contributed by atoms with van der Waals surface area (Å²) in [6, 6.07) is 13.4. The molecule has 2 aromatic rings. The van der Waals surface area contributed by atoms with Crippen LogP contribution in [0.15, 0.2) is 53.4 Å². The zero-order valence-corrected chi connectivity index (χ0v) is 28.5. The van der Waals surface area contributed by atoms with E-state index in [0.29, 0.717) is 42.9 Å². The molecule has 13 nitrogen and oxygen atoms in total. The molecule has 2 saturated heterocycles. The van der Waals surface area contributed by atoms with Gasteiger partial charge in [0, 0.05) is 20.1 Å². The highest BCUT2D eigenvalue weighted by Crippen LogP contribution is 2.35. The Morgan fingerprint density at radius 1 is 1.15 bits per heavy atom. The van der Waals surface area contributed by atoms with Gasteiger partial charge in [-0.15, -0.1) is 0 Å². The Kier molecular flexibility index (Phi) is 12.5. The number of ether oxygens (including phenoxy) is 4. The standard InChI is InChI=1S/C33H48N4O9S/c1-22(38)29(36-32(40)46-28-21-45-30-26(28)14-17-44-30)37(20-23-10-7-6-8-11-23)47(41,42)25-12-13-27(43-5)24(18-25)19-33(2,3)15-9-16-35-31(39)34-4/h6-8,10-13,18,22,26,28-30,38H,9,14-17,19-21H2,1-5H3,(H,36,40)(H2,34,35,39)/t22-,26+,28+,29+,30-/m1/s1. The summed E-state index contributed by atoms with van der Waals surface area (Å²) < 4.78 is 52.4. The van der Waals surface area contributed by atoms with E-state index in [9.17, 15) is 23.1 Å². The molecule has 14 heteroatoms. The van der Waals surface area contributed by atoms with Crippen LogP contribution < -0.4 is 20.7 Å². The van der Waals surface area contributed by atoms with Crippen molar-refractivity contribution in [3.63, 3.8) is 0 Å². The van der Waals surface area contributed by atoms with Gasteiger partial charge in [-0.2, -0.15) is 4.31 Å². The maximum atomic E-state index is 14.5. The highest BCUT2D eigenvalue weighted by Gasteiger charge is 2.44. The Hall–Kier alpha value is -3.43. The number of carbonyl (C=O) groups excluding carboxylic acids is 2. The van der Waals surface area contributed by atoms with Gasteiger partial charge in [0.05, 0.1) is 37.2 Å². The number of aliphatic hydroxyl groups is 1. The van der Waals surface area contributed by atoms with Gasteiger partial charge in [0.15, 0.2) is 6.29 Å². The van der Waals surface area contributed by atoms with E-state index < -0.39 is 40.8 Å². The first-order valence-electron chi connectivity index (χ1n) is 15.9. The number of hydrogen-bond donors (Lipinski definition) is 4. The van der Waals surface area contributed by atoms with Crippen LogP contribution in [0, 0.1) is 11.3 Å². The van der Waals surface area contributed by atoms with E-state index in [1.807, 2.05) is 6.07 Å². The number of nitrogens with one attached hydrogen (secondary N) is 3. The van der Waals surface area contributed by atoms with Crippen LogP contribution in [0.1, 0.15) is 51.2 Å². The molecule has 4 N–H and O–H groups in total. The minimum absolute atomic E-state index is 0.0164. The molecule has 0 bridgehead atoms. The van der Waals surface area contributed by atoms with Gasteiger partial charge in [-0.1, -0.05) is 44.2 Å². The van der Waals surface area contributed by atoms with Gasteiger partial charge in [0.25, 0.3) is 0 Å². The summed E-state index contributed by atoms with van der Waals surface area (Å²) in [6.07, 6.45) is -1.85. The van der Waals surface area contributed by atoms with Gasteiger partial charge in [-0.05, 0) is 67.3 Å². The lowest BCUT2D eigenvalue weighted by atomic mass is 9.81. The Balaban J connectivity index is 1.59. The van der Waals surface area contributed by atoms with Gasteiger partial charge in [-0.3, -0.25) is 0 Å². The normalized spacial score (nSPS) is 20.7. The van der Waals surface area contributed by atoms with Crippen molar-refractivity contribution in [1.29, 1.82) is 0 Å². The van der Waals surface area contributed by atoms with Crippen molar-refractivity contribution in [2.75, 3.05) is 33.9 Å². The van der Waals surface area contributed by atoms with Crippen molar-refractivity contribution in [2.24, 2.45) is 11.3 Å². The summed E-state index contributed by atoms with van der Waals surface area (Å²) in [7, 11) is -1.23. The maximum absolute atomic E-state index is 14.5. The number of hydrogen-bond acceptors (Lipinski definition) is 9. The number of benzene rings is 2. The average molecular weight is 677 g/mol. The van der Waals surface area contributed by atoms with Crippen LogP contribution in [0.4, 0.5) is 9.59 Å². The van der Waals surface area contributed by atoms with Gasteiger partial charge >= 0.3 is 12.1 Å². The monoisotopic (exact) mass is 676 g/mol. The van der Waals surface area contributed by atoms with Crippen molar-refractivity contribution < 1.29 is 42.1 Å².